The van der Waals surface area contributed by atoms with Crippen LogP contribution in [0, 0.1) is 5.82 Å². The summed E-state index contributed by atoms with van der Waals surface area (Å²) in [5.74, 6) is 0.516. The van der Waals surface area contributed by atoms with Crippen molar-refractivity contribution in [2.75, 3.05) is 33.4 Å². The van der Waals surface area contributed by atoms with Gasteiger partial charge in [-0.15, -0.1) is 0 Å². The second-order valence-electron chi connectivity index (χ2n) is 7.73. The van der Waals surface area contributed by atoms with E-state index in [1.165, 1.54) is 11.0 Å². The maximum atomic E-state index is 13.5. The minimum absolute atomic E-state index is 0.226. The van der Waals surface area contributed by atoms with Crippen LogP contribution in [0.5, 0.6) is 0 Å². The zero-order valence-electron chi connectivity index (χ0n) is 18.0. The fraction of sp³-hybridized carbons (Fsp3) is 0.417. The van der Waals surface area contributed by atoms with Gasteiger partial charge in [0.2, 0.25) is 0 Å². The molecule has 2 N–H and O–H groups in total. The molecule has 0 aliphatic heterocycles. The molecule has 0 saturated heterocycles. The lowest BCUT2D eigenvalue weighted by Gasteiger charge is -2.23. The van der Waals surface area contributed by atoms with Crippen LogP contribution < -0.4 is 4.90 Å². The summed E-state index contributed by atoms with van der Waals surface area (Å²) in [6.45, 7) is 4.07. The average Bonchev–Trinajstić information content (AvgIpc) is 3.41. The van der Waals surface area contributed by atoms with Crippen molar-refractivity contribution < 1.29 is 28.3 Å². The molecule has 0 fully saturated rings. The molecule has 3 rings (SSSR count). The van der Waals surface area contributed by atoms with Crippen molar-refractivity contribution in [2.45, 2.75) is 32.2 Å². The van der Waals surface area contributed by atoms with E-state index in [-0.39, 0.29) is 12.4 Å². The first-order chi connectivity index (χ1) is 15.1. The maximum Gasteiger partial charge on any atom is 0.129 e. The van der Waals surface area contributed by atoms with Crippen molar-refractivity contribution in [3.8, 4) is 0 Å². The first-order valence-corrected chi connectivity index (χ1v) is 10.6. The summed E-state index contributed by atoms with van der Waals surface area (Å²) >= 11 is 0. The number of benzene rings is 1. The largest absolute Gasteiger partial charge is 0.467 e. The van der Waals surface area contributed by atoms with Gasteiger partial charge in [0.1, 0.15) is 37.4 Å². The van der Waals surface area contributed by atoms with Crippen LogP contribution in [0.2, 0.25) is 0 Å². The smallest absolute Gasteiger partial charge is 0.129 e. The second-order valence-corrected chi connectivity index (χ2v) is 7.73. The normalized spacial score (nSPS) is 13.4. The molecule has 2 heterocycles. The molecular weight excluding hydrogens is 399 g/mol. The molecule has 7 heteroatoms. The third kappa shape index (κ3) is 7.95. The fourth-order valence-corrected chi connectivity index (χ4v) is 3.66. The zero-order valence-corrected chi connectivity index (χ0v) is 18.0. The number of nitrogens with zero attached hydrogens (tertiary/aromatic N) is 1. The van der Waals surface area contributed by atoms with Crippen LogP contribution in [0.15, 0.2) is 65.4 Å². The number of ether oxygens (including phenoxy) is 2. The van der Waals surface area contributed by atoms with E-state index in [0.717, 1.165) is 36.5 Å². The summed E-state index contributed by atoms with van der Waals surface area (Å²) in [6.07, 6.45) is 3.93. The Balaban J connectivity index is 1.56. The minimum atomic E-state index is -0.584. The number of hydrogen-bond acceptors (Lipinski definition) is 4. The molecular formula is C24H32FN2O4+. The lowest BCUT2D eigenvalue weighted by atomic mass is 10.2. The Morgan fingerprint density at radius 1 is 1.19 bits per heavy atom. The van der Waals surface area contributed by atoms with Crippen molar-refractivity contribution in [1.29, 1.82) is 0 Å². The van der Waals surface area contributed by atoms with E-state index in [0.29, 0.717) is 26.3 Å². The van der Waals surface area contributed by atoms with E-state index in [4.69, 9.17) is 13.9 Å². The monoisotopic (exact) mass is 431 g/mol. The van der Waals surface area contributed by atoms with E-state index in [9.17, 15) is 9.50 Å². The van der Waals surface area contributed by atoms with Gasteiger partial charge in [-0.3, -0.25) is 0 Å². The average molecular weight is 432 g/mol. The Hall–Kier alpha value is -2.45. The van der Waals surface area contributed by atoms with E-state index >= 15 is 0 Å². The summed E-state index contributed by atoms with van der Waals surface area (Å²) in [5.41, 5.74) is 2.06. The predicted molar refractivity (Wildman–Crippen MR) is 115 cm³/mol. The number of aromatic nitrogens is 1. The molecule has 168 valence electrons. The minimum Gasteiger partial charge on any atom is -0.467 e. The molecule has 1 aromatic carbocycles. The predicted octanol–water partition coefficient (Wildman–Crippen LogP) is 2.27. The molecule has 0 bridgehead atoms. The van der Waals surface area contributed by atoms with E-state index in [1.807, 2.05) is 30.5 Å². The highest BCUT2D eigenvalue weighted by molar-refractivity contribution is 5.18. The van der Waals surface area contributed by atoms with Crippen LogP contribution in [0.4, 0.5) is 4.39 Å². The van der Waals surface area contributed by atoms with Gasteiger partial charge in [-0.2, -0.15) is 0 Å². The van der Waals surface area contributed by atoms with E-state index in [1.54, 1.807) is 25.5 Å². The highest BCUT2D eigenvalue weighted by Crippen LogP contribution is 2.09. The van der Waals surface area contributed by atoms with Crippen LogP contribution in [0.3, 0.4) is 0 Å². The molecule has 3 aromatic rings. The highest BCUT2D eigenvalue weighted by Gasteiger charge is 2.18. The van der Waals surface area contributed by atoms with Gasteiger partial charge in [-0.1, -0.05) is 12.1 Å². The summed E-state index contributed by atoms with van der Waals surface area (Å²) < 4.78 is 31.7. The van der Waals surface area contributed by atoms with Crippen LogP contribution in [0.1, 0.15) is 23.4 Å². The molecule has 31 heavy (non-hydrogen) atoms. The summed E-state index contributed by atoms with van der Waals surface area (Å²) in [4.78, 5) is 1.24. The Morgan fingerprint density at radius 2 is 2.10 bits per heavy atom. The number of rotatable bonds is 14. The second kappa shape index (κ2) is 12.4. The van der Waals surface area contributed by atoms with Gasteiger partial charge in [0.25, 0.3) is 0 Å². The van der Waals surface area contributed by atoms with Crippen molar-refractivity contribution in [2.24, 2.45) is 0 Å². The van der Waals surface area contributed by atoms with Gasteiger partial charge in [0.15, 0.2) is 0 Å². The molecule has 0 radical (unpaired) electrons. The van der Waals surface area contributed by atoms with Gasteiger partial charge in [-0.05, 0) is 42.0 Å². The first kappa shape index (κ1) is 23.2. The lowest BCUT2D eigenvalue weighted by Crippen LogP contribution is -3.12. The van der Waals surface area contributed by atoms with Crippen molar-refractivity contribution in [1.82, 2.24) is 4.57 Å². The number of aliphatic hydroxyl groups excluding tert-OH is 1. The molecule has 0 aliphatic rings. The Kier molecular flexibility index (Phi) is 9.30. The van der Waals surface area contributed by atoms with Gasteiger partial charge in [0, 0.05) is 26.3 Å². The summed E-state index contributed by atoms with van der Waals surface area (Å²) in [5, 5.41) is 10.5. The lowest BCUT2D eigenvalue weighted by molar-refractivity contribution is -0.917. The van der Waals surface area contributed by atoms with Crippen LogP contribution in [-0.2, 0) is 29.2 Å². The number of halogens is 1. The quantitative estimate of drug-likeness (QED) is 0.385. The number of nitrogens with one attached hydrogen (secondary N) is 1. The van der Waals surface area contributed by atoms with Crippen LogP contribution >= 0.6 is 0 Å². The van der Waals surface area contributed by atoms with Gasteiger partial charge >= 0.3 is 0 Å². The Bertz CT molecular complexity index is 881. The van der Waals surface area contributed by atoms with Crippen molar-refractivity contribution >= 4 is 0 Å². The zero-order chi connectivity index (χ0) is 21.9. The molecule has 1 unspecified atom stereocenters. The van der Waals surface area contributed by atoms with E-state index in [2.05, 4.69) is 10.6 Å². The molecule has 0 amide bonds. The molecule has 2 atom stereocenters. The fourth-order valence-electron chi connectivity index (χ4n) is 3.66. The van der Waals surface area contributed by atoms with E-state index < -0.39 is 6.10 Å². The summed E-state index contributed by atoms with van der Waals surface area (Å²) in [7, 11) is 1.70. The number of hydrogen-bond donors (Lipinski definition) is 2. The third-order valence-electron chi connectivity index (χ3n) is 5.13. The van der Waals surface area contributed by atoms with Gasteiger partial charge < -0.3 is 28.5 Å². The number of quaternary nitrogens is 1. The SMILES string of the molecule is COCCC[NH+](Cc1cccn1Cc1cccc(F)c1)C[C@H](O)COCc1ccco1. The van der Waals surface area contributed by atoms with Crippen molar-refractivity contribution in [3.63, 3.8) is 0 Å². The molecule has 2 aromatic heterocycles. The topological polar surface area (TPSA) is 61.2 Å². The van der Waals surface area contributed by atoms with Gasteiger partial charge in [0.05, 0.1) is 31.7 Å². The number of methoxy groups -OCH3 is 1. The van der Waals surface area contributed by atoms with Crippen molar-refractivity contribution in [3.05, 3.63) is 83.8 Å². The van der Waals surface area contributed by atoms with Crippen LogP contribution in [-0.4, -0.2) is 49.2 Å². The summed E-state index contributed by atoms with van der Waals surface area (Å²) in [6, 6.07) is 14.4. The molecule has 0 saturated carbocycles. The van der Waals surface area contributed by atoms with Crippen LogP contribution in [0.25, 0.3) is 0 Å². The first-order valence-electron chi connectivity index (χ1n) is 10.6. The molecule has 0 spiro atoms. The Labute approximate surface area is 182 Å². The number of furan rings is 1. The maximum absolute atomic E-state index is 13.5. The standard InChI is InChI=1S/C24H31FN2O4/c1-29-12-5-10-26(17-23(28)18-30-19-24-9-4-13-31-24)16-22-8-3-11-27(22)15-20-6-2-7-21(25)14-20/h2-4,6-9,11,13-14,23,28H,5,10,12,15-19H2,1H3/p+1/t23-/m0/s1. The third-order valence-corrected chi connectivity index (χ3v) is 5.13. The number of aliphatic hydroxyl groups is 1. The highest BCUT2D eigenvalue weighted by atomic mass is 19.1. The Morgan fingerprint density at radius 3 is 2.87 bits per heavy atom. The molecule has 0 aliphatic carbocycles. The molecule has 6 nitrogen and oxygen atoms in total. The van der Waals surface area contributed by atoms with Gasteiger partial charge in [-0.25, -0.2) is 4.39 Å².